The lowest BCUT2D eigenvalue weighted by atomic mass is 9.79. The minimum Gasteiger partial charge on any atom is -0.496 e. The van der Waals surface area contributed by atoms with Crippen molar-refractivity contribution in [3.63, 3.8) is 0 Å². The van der Waals surface area contributed by atoms with E-state index in [1.165, 1.54) is 13.2 Å². The van der Waals surface area contributed by atoms with Crippen LogP contribution in [0.25, 0.3) is 10.8 Å². The van der Waals surface area contributed by atoms with Gasteiger partial charge in [-0.1, -0.05) is 55.5 Å². The van der Waals surface area contributed by atoms with E-state index in [1.807, 2.05) is 61.5 Å². The maximum atomic E-state index is 15.1. The molecule has 0 spiro atoms. The van der Waals surface area contributed by atoms with Gasteiger partial charge in [0.1, 0.15) is 12.4 Å². The van der Waals surface area contributed by atoms with Crippen molar-refractivity contribution >= 4 is 28.6 Å². The van der Waals surface area contributed by atoms with Crippen LogP contribution in [0.2, 0.25) is 0 Å². The molecule has 3 aromatic rings. The van der Waals surface area contributed by atoms with Gasteiger partial charge in [0.25, 0.3) is 5.91 Å². The maximum absolute atomic E-state index is 15.1. The number of nitrogens with one attached hydrogen (secondary N) is 1. The highest BCUT2D eigenvalue weighted by Gasteiger charge is 2.49. The molecule has 9 heteroatoms. The van der Waals surface area contributed by atoms with Crippen LogP contribution >= 0.6 is 0 Å². The van der Waals surface area contributed by atoms with E-state index in [9.17, 15) is 19.5 Å². The Labute approximate surface area is 255 Å². The molecule has 230 valence electrons. The normalized spacial score (nSPS) is 27.2. The lowest BCUT2D eigenvalue weighted by molar-refractivity contribution is -0.153. The Balaban J connectivity index is 1.08. The van der Waals surface area contributed by atoms with E-state index >= 15 is 4.39 Å². The molecule has 2 fully saturated rings. The molecule has 7 atom stereocenters. The molecule has 0 radical (unpaired) electrons. The molecule has 3 aromatic carbocycles. The number of fused-ring (bicyclic) bond motifs is 3. The first-order valence-corrected chi connectivity index (χ1v) is 15.1. The summed E-state index contributed by atoms with van der Waals surface area (Å²) < 4.78 is 32.1. The van der Waals surface area contributed by atoms with E-state index in [0.29, 0.717) is 25.7 Å². The number of carbonyl (C=O) groups is 3. The molecule has 0 aromatic heterocycles. The Kier molecular flexibility index (Phi) is 8.29. The third-order valence-corrected chi connectivity index (χ3v) is 9.45. The van der Waals surface area contributed by atoms with Crippen LogP contribution in [0.1, 0.15) is 48.5 Å². The van der Waals surface area contributed by atoms with Crippen molar-refractivity contribution in [3.05, 3.63) is 83.7 Å². The Hall–Kier alpha value is -4.40. The van der Waals surface area contributed by atoms with Crippen molar-refractivity contribution < 1.29 is 38.1 Å². The highest BCUT2D eigenvalue weighted by Crippen LogP contribution is 2.44. The molecule has 1 amide bonds. The molecule has 0 heterocycles. The second-order valence-electron chi connectivity index (χ2n) is 12.2. The van der Waals surface area contributed by atoms with Crippen molar-refractivity contribution in [2.45, 2.75) is 51.4 Å². The van der Waals surface area contributed by atoms with Gasteiger partial charge in [-0.25, -0.2) is 4.39 Å². The van der Waals surface area contributed by atoms with Crippen LogP contribution in [0.3, 0.4) is 0 Å². The minimum absolute atomic E-state index is 0.0316. The van der Waals surface area contributed by atoms with Crippen molar-refractivity contribution in [1.82, 2.24) is 5.32 Å². The molecule has 2 saturated carbocycles. The van der Waals surface area contributed by atoms with Gasteiger partial charge in [0, 0.05) is 12.1 Å². The Morgan fingerprint density at radius 1 is 0.955 bits per heavy atom. The third-order valence-electron chi connectivity index (χ3n) is 9.45. The topological polar surface area (TPSA) is 111 Å². The van der Waals surface area contributed by atoms with Crippen LogP contribution in [0, 0.1) is 35.4 Å². The van der Waals surface area contributed by atoms with Crippen LogP contribution < -0.4 is 14.8 Å². The SMILES string of the molecule is COc1cc(F)c(OC2CCC(C(=O)OCc3ccc4ccccc4c3)C(C)C2)cc1C(=O)NC1C2C=CC(C2)C1C(=O)O. The number of amides is 1. The molecule has 7 unspecified atom stereocenters. The number of aliphatic carboxylic acids is 1. The fourth-order valence-corrected chi connectivity index (χ4v) is 7.13. The summed E-state index contributed by atoms with van der Waals surface area (Å²) in [5, 5.41) is 14.8. The highest BCUT2D eigenvalue weighted by molar-refractivity contribution is 5.98. The summed E-state index contributed by atoms with van der Waals surface area (Å²) in [6, 6.07) is 15.9. The number of carboxylic acids is 1. The molecule has 0 saturated heterocycles. The van der Waals surface area contributed by atoms with Gasteiger partial charge >= 0.3 is 11.9 Å². The molecule has 44 heavy (non-hydrogen) atoms. The molecular formula is C35H36FNO7. The van der Waals surface area contributed by atoms with Crippen molar-refractivity contribution in [2.24, 2.45) is 29.6 Å². The number of carboxylic acid groups (broad SMARTS) is 1. The number of allylic oxidation sites excluding steroid dienone is 1. The number of methoxy groups -OCH3 is 1. The van der Waals surface area contributed by atoms with Crippen molar-refractivity contribution in [1.29, 1.82) is 0 Å². The quantitative estimate of drug-likeness (QED) is 0.231. The van der Waals surface area contributed by atoms with Gasteiger partial charge in [-0.3, -0.25) is 14.4 Å². The van der Waals surface area contributed by atoms with Crippen LogP contribution in [-0.2, 0) is 20.9 Å². The summed E-state index contributed by atoms with van der Waals surface area (Å²) >= 11 is 0. The second-order valence-corrected chi connectivity index (χ2v) is 12.2. The first-order valence-electron chi connectivity index (χ1n) is 15.1. The zero-order valence-corrected chi connectivity index (χ0v) is 24.7. The number of rotatable bonds is 9. The van der Waals surface area contributed by atoms with Crippen LogP contribution in [0.5, 0.6) is 11.5 Å². The lowest BCUT2D eigenvalue weighted by Gasteiger charge is -2.33. The zero-order chi connectivity index (χ0) is 31.0. The minimum atomic E-state index is -0.954. The van der Waals surface area contributed by atoms with Crippen LogP contribution in [-0.4, -0.2) is 42.2 Å². The van der Waals surface area contributed by atoms with Gasteiger partial charge in [0.05, 0.1) is 30.6 Å². The molecule has 0 aliphatic heterocycles. The predicted octanol–water partition coefficient (Wildman–Crippen LogP) is 5.92. The summed E-state index contributed by atoms with van der Waals surface area (Å²) in [4.78, 5) is 38.2. The number of halogens is 1. The number of esters is 1. The smallest absolute Gasteiger partial charge is 0.309 e. The van der Waals surface area contributed by atoms with Gasteiger partial charge in [-0.15, -0.1) is 0 Å². The predicted molar refractivity (Wildman–Crippen MR) is 161 cm³/mol. The first kappa shape index (κ1) is 29.7. The molecule has 2 N–H and O–H groups in total. The van der Waals surface area contributed by atoms with Gasteiger partial charge in [0.15, 0.2) is 11.6 Å². The van der Waals surface area contributed by atoms with Gasteiger partial charge < -0.3 is 24.6 Å². The maximum Gasteiger partial charge on any atom is 0.309 e. The number of carbonyl (C=O) groups excluding carboxylic acids is 2. The standard InChI is InChI=1S/C35H36FNO7/c1-19-13-25(11-12-26(19)35(41)43-18-20-7-8-21-5-3-4-6-22(21)14-20)44-30-16-27(29(42-2)17-28(30)36)33(38)37-32-24-10-9-23(15-24)31(32)34(39)40/h3-10,14,16-17,19,23-26,31-32H,11-13,15,18H2,1-2H3,(H,37,38)(H,39,40). The number of hydrogen-bond acceptors (Lipinski definition) is 6. The molecule has 6 rings (SSSR count). The number of hydrogen-bond donors (Lipinski definition) is 2. The van der Waals surface area contributed by atoms with Gasteiger partial charge in [-0.2, -0.15) is 0 Å². The Morgan fingerprint density at radius 3 is 2.48 bits per heavy atom. The van der Waals surface area contributed by atoms with E-state index < -0.39 is 29.7 Å². The average molecular weight is 602 g/mol. The van der Waals surface area contributed by atoms with Crippen LogP contribution in [0.4, 0.5) is 4.39 Å². The lowest BCUT2D eigenvalue weighted by Crippen LogP contribution is -2.45. The summed E-state index contributed by atoms with van der Waals surface area (Å²) in [6.45, 7) is 2.16. The van der Waals surface area contributed by atoms with E-state index in [1.54, 1.807) is 0 Å². The molecule has 3 aliphatic rings. The Morgan fingerprint density at radius 2 is 1.73 bits per heavy atom. The van der Waals surface area contributed by atoms with E-state index in [0.717, 1.165) is 22.4 Å². The van der Waals surface area contributed by atoms with Crippen molar-refractivity contribution in [2.75, 3.05) is 7.11 Å². The fraction of sp³-hybridized carbons (Fsp3) is 0.400. The largest absolute Gasteiger partial charge is 0.496 e. The van der Waals surface area contributed by atoms with E-state index in [2.05, 4.69) is 5.32 Å². The Bertz CT molecular complexity index is 1620. The summed E-state index contributed by atoms with van der Waals surface area (Å²) in [6.07, 6.45) is 5.72. The number of benzene rings is 3. The molecule has 3 aliphatic carbocycles. The summed E-state index contributed by atoms with van der Waals surface area (Å²) in [7, 11) is 1.34. The third kappa shape index (κ3) is 5.87. The van der Waals surface area contributed by atoms with E-state index in [-0.39, 0.29) is 59.4 Å². The monoisotopic (exact) mass is 601 g/mol. The second kappa shape index (κ2) is 12.3. The van der Waals surface area contributed by atoms with Crippen LogP contribution in [0.15, 0.2) is 66.7 Å². The van der Waals surface area contributed by atoms with Gasteiger partial charge in [0.2, 0.25) is 0 Å². The number of ether oxygens (including phenoxy) is 3. The van der Waals surface area contributed by atoms with E-state index in [4.69, 9.17) is 14.2 Å². The highest BCUT2D eigenvalue weighted by atomic mass is 19.1. The average Bonchev–Trinajstić information content (AvgIpc) is 3.62. The summed E-state index contributed by atoms with van der Waals surface area (Å²) in [5.41, 5.74) is 0.991. The van der Waals surface area contributed by atoms with Gasteiger partial charge in [-0.05, 0) is 71.9 Å². The van der Waals surface area contributed by atoms with Crippen molar-refractivity contribution in [3.8, 4) is 11.5 Å². The molecule has 2 bridgehead atoms. The summed E-state index contributed by atoms with van der Waals surface area (Å²) in [5.74, 6) is -3.74. The molecular weight excluding hydrogens is 565 g/mol. The zero-order valence-electron chi connectivity index (χ0n) is 24.7. The first-order chi connectivity index (χ1) is 21.2. The molecule has 8 nitrogen and oxygen atoms in total. The fourth-order valence-electron chi connectivity index (χ4n) is 7.13.